The molecule has 0 unspecified atom stereocenters. The lowest BCUT2D eigenvalue weighted by atomic mass is 9.77. The Labute approximate surface area is 81.5 Å². The van der Waals surface area contributed by atoms with Crippen LogP contribution in [0.4, 0.5) is 0 Å². The molecule has 0 aromatic heterocycles. The second-order valence-corrected chi connectivity index (χ2v) is 7.97. The third-order valence-corrected chi connectivity index (χ3v) is 5.74. The minimum absolute atomic E-state index is 0.360. The maximum atomic E-state index is 11.9. The summed E-state index contributed by atoms with van der Waals surface area (Å²) in [5.41, 5.74) is 0.360. The number of rotatable bonds is 1. The minimum Gasteiger partial charge on any atom is -0.332 e. The molecule has 0 N–H and O–H groups in total. The topological polar surface area (TPSA) is 26.3 Å². The molecule has 0 saturated carbocycles. The van der Waals surface area contributed by atoms with Gasteiger partial charge in [-0.3, -0.25) is 4.57 Å². The highest BCUT2D eigenvalue weighted by Gasteiger charge is 2.34. The molecule has 1 aliphatic heterocycles. The van der Waals surface area contributed by atoms with Crippen LogP contribution in [0.3, 0.4) is 0 Å². The first kappa shape index (κ1) is 11.3. The molecule has 1 rings (SSSR count). The van der Waals surface area contributed by atoms with Crippen LogP contribution in [0.5, 0.6) is 0 Å². The Kier molecular flexibility index (Phi) is 3.24. The molecule has 0 aromatic rings. The van der Waals surface area contributed by atoms with Gasteiger partial charge in [0, 0.05) is 19.4 Å². The first-order chi connectivity index (χ1) is 5.87. The van der Waals surface area contributed by atoms with Gasteiger partial charge >= 0.3 is 0 Å². The molecule has 0 radical (unpaired) electrons. The molecule has 0 spiro atoms. The average molecular weight is 204 g/mol. The molecule has 0 amide bonds. The van der Waals surface area contributed by atoms with Crippen molar-refractivity contribution in [3.8, 4) is 0 Å². The van der Waals surface area contributed by atoms with Crippen LogP contribution in [0.15, 0.2) is 0 Å². The van der Waals surface area contributed by atoms with Crippen molar-refractivity contribution in [2.24, 2.45) is 11.3 Å². The third-order valence-electron chi connectivity index (χ3n) is 3.19. The van der Waals surface area contributed by atoms with Gasteiger partial charge in [-0.05, 0) is 24.2 Å². The zero-order valence-corrected chi connectivity index (χ0v) is 10.1. The fourth-order valence-corrected chi connectivity index (χ4v) is 4.01. The Morgan fingerprint density at radius 1 is 1.23 bits per heavy atom. The fourth-order valence-electron chi connectivity index (χ4n) is 2.01. The number of hydrogen-bond acceptors (Lipinski definition) is 2. The summed E-state index contributed by atoms with van der Waals surface area (Å²) >= 11 is 0. The first-order valence-electron chi connectivity index (χ1n) is 5.01. The summed E-state index contributed by atoms with van der Waals surface area (Å²) in [4.78, 5) is 0. The summed E-state index contributed by atoms with van der Waals surface area (Å²) in [6.07, 6.45) is 3.69. The Morgan fingerprint density at radius 2 is 1.69 bits per heavy atom. The lowest BCUT2D eigenvalue weighted by Gasteiger charge is -2.36. The maximum absolute atomic E-state index is 11.9. The molecule has 0 aliphatic carbocycles. The second-order valence-electron chi connectivity index (χ2n) is 5.08. The molecular weight excluding hydrogens is 183 g/mol. The smallest absolute Gasteiger partial charge is 0.202 e. The fraction of sp³-hybridized carbons (Fsp3) is 1.00. The van der Waals surface area contributed by atoms with Crippen molar-refractivity contribution in [3.63, 3.8) is 0 Å². The van der Waals surface area contributed by atoms with Gasteiger partial charge in [0.15, 0.2) is 0 Å². The highest BCUT2D eigenvalue weighted by molar-refractivity contribution is 7.59. The Bertz CT molecular complexity index is 205. The van der Waals surface area contributed by atoms with Crippen LogP contribution in [0.25, 0.3) is 0 Å². The van der Waals surface area contributed by atoms with E-state index >= 15 is 0 Å². The minimum atomic E-state index is -2.20. The van der Waals surface area contributed by atoms with Gasteiger partial charge < -0.3 is 4.52 Å². The van der Waals surface area contributed by atoms with Gasteiger partial charge in [0.1, 0.15) is 0 Å². The van der Waals surface area contributed by atoms with Crippen LogP contribution in [0.1, 0.15) is 33.6 Å². The van der Waals surface area contributed by atoms with Crippen LogP contribution in [-0.4, -0.2) is 19.4 Å². The van der Waals surface area contributed by atoms with Crippen molar-refractivity contribution >= 4 is 7.37 Å². The van der Waals surface area contributed by atoms with E-state index in [2.05, 4.69) is 20.8 Å². The molecule has 1 fully saturated rings. The van der Waals surface area contributed by atoms with Crippen molar-refractivity contribution < 1.29 is 9.09 Å². The van der Waals surface area contributed by atoms with E-state index in [9.17, 15) is 4.57 Å². The summed E-state index contributed by atoms with van der Waals surface area (Å²) in [6, 6.07) is 0. The van der Waals surface area contributed by atoms with E-state index in [1.807, 2.05) is 0 Å². The molecule has 1 heterocycles. The quantitative estimate of drug-likeness (QED) is 0.612. The Hall–Kier alpha value is 0.190. The molecule has 1 saturated heterocycles. The van der Waals surface area contributed by atoms with E-state index < -0.39 is 7.37 Å². The molecule has 2 nitrogen and oxygen atoms in total. The lowest BCUT2D eigenvalue weighted by molar-refractivity contribution is 0.215. The van der Waals surface area contributed by atoms with E-state index in [4.69, 9.17) is 4.52 Å². The van der Waals surface area contributed by atoms with Gasteiger partial charge in [0.2, 0.25) is 7.37 Å². The van der Waals surface area contributed by atoms with Crippen molar-refractivity contribution in [1.29, 1.82) is 0 Å². The predicted molar refractivity (Wildman–Crippen MR) is 56.5 cm³/mol. The highest BCUT2D eigenvalue weighted by Crippen LogP contribution is 2.54. The van der Waals surface area contributed by atoms with Gasteiger partial charge in [-0.15, -0.1) is 0 Å². The molecule has 0 bridgehead atoms. The number of hydrogen-bond donors (Lipinski definition) is 0. The molecule has 0 aromatic carbocycles. The lowest BCUT2D eigenvalue weighted by Crippen LogP contribution is -2.26. The van der Waals surface area contributed by atoms with Gasteiger partial charge in [-0.1, -0.05) is 20.8 Å². The summed E-state index contributed by atoms with van der Waals surface area (Å²) < 4.78 is 16.9. The van der Waals surface area contributed by atoms with E-state index in [0.717, 1.165) is 25.2 Å². The van der Waals surface area contributed by atoms with Crippen LogP contribution in [-0.2, 0) is 9.09 Å². The van der Waals surface area contributed by atoms with E-state index in [0.29, 0.717) is 11.3 Å². The van der Waals surface area contributed by atoms with Gasteiger partial charge in [0.05, 0.1) is 0 Å². The molecule has 1 aliphatic rings. The van der Waals surface area contributed by atoms with Crippen molar-refractivity contribution in [3.05, 3.63) is 0 Å². The largest absolute Gasteiger partial charge is 0.332 e. The SMILES string of the molecule is COP1(=O)CCC(C(C)(C)C)CC1. The zero-order chi connectivity index (χ0) is 10.1. The zero-order valence-electron chi connectivity index (χ0n) is 9.17. The second kappa shape index (κ2) is 3.74. The molecule has 78 valence electrons. The van der Waals surface area contributed by atoms with E-state index in [1.165, 1.54) is 0 Å². The molecule has 0 atom stereocenters. The average Bonchev–Trinajstić information content (AvgIpc) is 2.04. The normalized spacial score (nSPS) is 36.2. The van der Waals surface area contributed by atoms with Crippen molar-refractivity contribution in [2.45, 2.75) is 33.6 Å². The highest BCUT2D eigenvalue weighted by atomic mass is 31.2. The van der Waals surface area contributed by atoms with E-state index in [-0.39, 0.29) is 0 Å². The standard InChI is InChI=1S/C10H21O2P/c1-10(2,3)9-5-7-13(11,12-4)8-6-9/h9H,5-8H2,1-4H3. The summed E-state index contributed by atoms with van der Waals surface area (Å²) in [5.74, 6) is 0.713. The summed E-state index contributed by atoms with van der Waals surface area (Å²) in [7, 11) is -0.620. The summed E-state index contributed by atoms with van der Waals surface area (Å²) in [5, 5.41) is 0. The van der Waals surface area contributed by atoms with Gasteiger partial charge in [0.25, 0.3) is 0 Å². The Balaban J connectivity index is 2.53. The Morgan fingerprint density at radius 3 is 2.00 bits per heavy atom. The first-order valence-corrected chi connectivity index (χ1v) is 7.01. The van der Waals surface area contributed by atoms with Crippen LogP contribution in [0.2, 0.25) is 0 Å². The van der Waals surface area contributed by atoms with Crippen LogP contribution in [0, 0.1) is 11.3 Å². The summed E-state index contributed by atoms with van der Waals surface area (Å²) in [6.45, 7) is 6.79. The van der Waals surface area contributed by atoms with Gasteiger partial charge in [-0.2, -0.15) is 0 Å². The van der Waals surface area contributed by atoms with Crippen LogP contribution < -0.4 is 0 Å². The van der Waals surface area contributed by atoms with Gasteiger partial charge in [-0.25, -0.2) is 0 Å². The predicted octanol–water partition coefficient (Wildman–Crippen LogP) is 3.37. The van der Waals surface area contributed by atoms with Crippen LogP contribution >= 0.6 is 7.37 Å². The monoisotopic (exact) mass is 204 g/mol. The molecular formula is C10H21O2P. The molecule has 3 heteroatoms. The third kappa shape index (κ3) is 2.82. The van der Waals surface area contributed by atoms with E-state index in [1.54, 1.807) is 7.11 Å². The van der Waals surface area contributed by atoms with Crippen molar-refractivity contribution in [2.75, 3.05) is 19.4 Å². The maximum Gasteiger partial charge on any atom is 0.202 e. The van der Waals surface area contributed by atoms with Crippen molar-refractivity contribution in [1.82, 2.24) is 0 Å². The molecule has 13 heavy (non-hydrogen) atoms.